The molecule has 2 amide bonds. The van der Waals surface area contributed by atoms with Crippen LogP contribution in [0.3, 0.4) is 0 Å². The molecule has 0 bridgehead atoms. The zero-order valence-corrected chi connectivity index (χ0v) is 14.9. The predicted octanol–water partition coefficient (Wildman–Crippen LogP) is 2.80. The highest BCUT2D eigenvalue weighted by Crippen LogP contribution is 2.36. The van der Waals surface area contributed by atoms with Gasteiger partial charge in [0, 0.05) is 38.2 Å². The van der Waals surface area contributed by atoms with Crippen molar-refractivity contribution in [3.05, 3.63) is 35.4 Å². The van der Waals surface area contributed by atoms with Crippen molar-refractivity contribution in [2.24, 2.45) is 0 Å². The smallest absolute Gasteiger partial charge is 0.338 e. The van der Waals surface area contributed by atoms with Gasteiger partial charge >= 0.3 is 6.03 Å². The van der Waals surface area contributed by atoms with E-state index in [2.05, 4.69) is 35.9 Å². The molecule has 2 N–H and O–H groups in total. The normalized spacial score (nSPS) is 23.0. The molecule has 0 aromatic heterocycles. The third kappa shape index (κ3) is 4.71. The summed E-state index contributed by atoms with van der Waals surface area (Å²) in [5, 5.41) is 2.97. The van der Waals surface area contributed by atoms with E-state index in [1.165, 1.54) is 11.1 Å². The summed E-state index contributed by atoms with van der Waals surface area (Å²) in [5.74, 6) is 0. The molecule has 0 spiro atoms. The average molecular weight is 348 g/mol. The van der Waals surface area contributed by atoms with E-state index in [0.29, 0.717) is 26.4 Å². The molecule has 0 saturated carbocycles. The van der Waals surface area contributed by atoms with Gasteiger partial charge in [0.1, 0.15) is 0 Å². The number of aryl methyl sites for hydroxylation is 1. The second-order valence-corrected chi connectivity index (χ2v) is 6.91. The van der Waals surface area contributed by atoms with E-state index in [4.69, 9.17) is 14.3 Å². The van der Waals surface area contributed by atoms with E-state index >= 15 is 0 Å². The summed E-state index contributed by atoms with van der Waals surface area (Å²) in [6, 6.07) is 8.06. The van der Waals surface area contributed by atoms with Crippen molar-refractivity contribution in [2.45, 2.75) is 50.7 Å². The maximum absolute atomic E-state index is 12.2. The molecule has 6 heteroatoms. The monoisotopic (exact) mass is 348 g/mol. The highest BCUT2D eigenvalue weighted by Gasteiger charge is 2.35. The summed E-state index contributed by atoms with van der Waals surface area (Å²) in [4.78, 5) is 17.5. The quantitative estimate of drug-likeness (QED) is 0.803. The molecular weight excluding hydrogens is 320 g/mol. The van der Waals surface area contributed by atoms with Gasteiger partial charge in [-0.3, -0.25) is 0 Å². The first-order chi connectivity index (χ1) is 12.2. The van der Waals surface area contributed by atoms with Gasteiger partial charge in [0.05, 0.1) is 0 Å². The maximum atomic E-state index is 12.2. The zero-order valence-electron chi connectivity index (χ0n) is 14.9. The minimum Gasteiger partial charge on any atom is -0.381 e. The number of hydroxylamine groups is 1. The molecule has 2 heterocycles. The first-order valence-corrected chi connectivity index (χ1v) is 9.15. The highest BCUT2D eigenvalue weighted by atomic mass is 16.8. The number of hydrogen-bond acceptors (Lipinski definition) is 4. The first kappa shape index (κ1) is 18.2. The molecule has 1 aromatic carbocycles. The number of rotatable bonds is 5. The Balaban J connectivity index is 1.57. The van der Waals surface area contributed by atoms with Gasteiger partial charge in [0.25, 0.3) is 0 Å². The summed E-state index contributed by atoms with van der Waals surface area (Å²) < 4.78 is 11.0. The highest BCUT2D eigenvalue weighted by molar-refractivity contribution is 5.72. The number of carbonyl (C=O) groups excluding carboxylic acids is 1. The summed E-state index contributed by atoms with van der Waals surface area (Å²) in [7, 11) is 0. The largest absolute Gasteiger partial charge is 0.381 e. The van der Waals surface area contributed by atoms with Crippen LogP contribution >= 0.6 is 0 Å². The van der Waals surface area contributed by atoms with Crippen molar-refractivity contribution in [3.8, 4) is 0 Å². The van der Waals surface area contributed by atoms with E-state index < -0.39 is 0 Å². The van der Waals surface area contributed by atoms with Crippen LogP contribution in [0, 0.1) is 6.92 Å². The fourth-order valence-corrected chi connectivity index (χ4v) is 3.68. The number of ether oxygens (including phenoxy) is 2. The standard InChI is InChI=1S/C19H28N2O4/c1-15-6-2-3-7-16(15)19(9-12-23-13-10-19)14-20-18(22)21-25-17-8-4-5-11-24-17/h2-3,6-7,17H,4-5,8-14H2,1H3,(H2,20,21,22)/t17-/m1/s1. The number of amides is 2. The summed E-state index contributed by atoms with van der Waals surface area (Å²) in [5.41, 5.74) is 4.91. The van der Waals surface area contributed by atoms with Crippen LogP contribution in [0.2, 0.25) is 0 Å². The van der Waals surface area contributed by atoms with Crippen LogP contribution in [0.4, 0.5) is 4.79 Å². The van der Waals surface area contributed by atoms with Gasteiger partial charge < -0.3 is 14.8 Å². The lowest BCUT2D eigenvalue weighted by molar-refractivity contribution is -0.186. The van der Waals surface area contributed by atoms with Crippen LogP contribution in [0.15, 0.2) is 24.3 Å². The fraction of sp³-hybridized carbons (Fsp3) is 0.632. The van der Waals surface area contributed by atoms with Gasteiger partial charge in [-0.2, -0.15) is 0 Å². The van der Waals surface area contributed by atoms with Gasteiger partial charge in [-0.05, 0) is 43.7 Å². The van der Waals surface area contributed by atoms with Crippen LogP contribution in [0.25, 0.3) is 0 Å². The van der Waals surface area contributed by atoms with E-state index in [9.17, 15) is 4.79 Å². The van der Waals surface area contributed by atoms with Crippen LogP contribution in [0.1, 0.15) is 43.2 Å². The predicted molar refractivity (Wildman–Crippen MR) is 94.1 cm³/mol. The fourth-order valence-electron chi connectivity index (χ4n) is 3.68. The minimum absolute atomic E-state index is 0.0950. The Morgan fingerprint density at radius 2 is 2.04 bits per heavy atom. The molecule has 3 rings (SSSR count). The van der Waals surface area contributed by atoms with Crippen molar-refractivity contribution in [3.63, 3.8) is 0 Å². The van der Waals surface area contributed by atoms with E-state index in [0.717, 1.165) is 32.1 Å². The molecule has 2 fully saturated rings. The molecule has 6 nitrogen and oxygen atoms in total. The van der Waals surface area contributed by atoms with Gasteiger partial charge in [-0.1, -0.05) is 24.3 Å². The summed E-state index contributed by atoms with van der Waals surface area (Å²) in [6.45, 7) is 4.79. The maximum Gasteiger partial charge on any atom is 0.338 e. The zero-order chi connectivity index (χ0) is 17.5. The van der Waals surface area contributed by atoms with Crippen molar-refractivity contribution in [1.82, 2.24) is 10.8 Å². The third-order valence-corrected chi connectivity index (χ3v) is 5.17. The molecule has 138 valence electrons. The van der Waals surface area contributed by atoms with E-state index in [-0.39, 0.29) is 17.7 Å². The lowest BCUT2D eigenvalue weighted by Crippen LogP contribution is -2.48. The van der Waals surface area contributed by atoms with Crippen LogP contribution in [0.5, 0.6) is 0 Å². The lowest BCUT2D eigenvalue weighted by atomic mass is 9.72. The SMILES string of the molecule is Cc1ccccc1C1(CNC(=O)NO[C@@H]2CCCCO2)CCOCC1. The topological polar surface area (TPSA) is 68.8 Å². The number of carbonyl (C=O) groups is 1. The van der Waals surface area contributed by atoms with Crippen molar-refractivity contribution < 1.29 is 19.1 Å². The molecule has 25 heavy (non-hydrogen) atoms. The molecule has 1 aromatic rings. The molecule has 2 aliphatic rings. The Morgan fingerprint density at radius 1 is 1.24 bits per heavy atom. The first-order valence-electron chi connectivity index (χ1n) is 9.15. The molecular formula is C19H28N2O4. The molecule has 2 saturated heterocycles. The molecule has 1 atom stereocenters. The third-order valence-electron chi connectivity index (χ3n) is 5.17. The molecule has 2 aliphatic heterocycles. The number of nitrogens with one attached hydrogen (secondary N) is 2. The average Bonchev–Trinajstić information content (AvgIpc) is 2.67. The number of benzene rings is 1. The lowest BCUT2D eigenvalue weighted by Gasteiger charge is -2.39. The summed E-state index contributed by atoms with van der Waals surface area (Å²) in [6.07, 6.45) is 4.37. The van der Waals surface area contributed by atoms with Crippen molar-refractivity contribution >= 4 is 6.03 Å². The molecule has 0 radical (unpaired) electrons. The van der Waals surface area contributed by atoms with Gasteiger partial charge in [-0.15, -0.1) is 0 Å². The second-order valence-electron chi connectivity index (χ2n) is 6.91. The minimum atomic E-state index is -0.340. The van der Waals surface area contributed by atoms with Gasteiger partial charge in [-0.25, -0.2) is 15.1 Å². The Kier molecular flexibility index (Phi) is 6.29. The molecule has 0 aliphatic carbocycles. The van der Waals surface area contributed by atoms with Gasteiger partial charge in [0.2, 0.25) is 0 Å². The van der Waals surface area contributed by atoms with E-state index in [1.54, 1.807) is 0 Å². The Hall–Kier alpha value is -1.63. The molecule has 0 unspecified atom stereocenters. The van der Waals surface area contributed by atoms with Crippen molar-refractivity contribution in [2.75, 3.05) is 26.4 Å². The van der Waals surface area contributed by atoms with Crippen LogP contribution < -0.4 is 10.8 Å². The van der Waals surface area contributed by atoms with Gasteiger partial charge in [0.15, 0.2) is 6.29 Å². The number of urea groups is 1. The Bertz CT molecular complexity index is 566. The Morgan fingerprint density at radius 3 is 2.76 bits per heavy atom. The Labute approximate surface area is 149 Å². The van der Waals surface area contributed by atoms with Crippen LogP contribution in [-0.2, 0) is 19.7 Å². The van der Waals surface area contributed by atoms with Crippen molar-refractivity contribution in [1.29, 1.82) is 0 Å². The van der Waals surface area contributed by atoms with E-state index in [1.807, 2.05) is 6.07 Å². The summed E-state index contributed by atoms with van der Waals surface area (Å²) >= 11 is 0. The van der Waals surface area contributed by atoms with Crippen LogP contribution in [-0.4, -0.2) is 38.7 Å². The second kappa shape index (κ2) is 8.65. The number of hydrogen-bond donors (Lipinski definition) is 2.